The van der Waals surface area contributed by atoms with E-state index in [-0.39, 0.29) is 28.0 Å². The number of sulfonamides is 1. The molecule has 1 aliphatic rings. The average Bonchev–Trinajstić information content (AvgIpc) is 3.21. The second kappa shape index (κ2) is 7.97. The van der Waals surface area contributed by atoms with E-state index in [1.165, 1.54) is 70.4 Å². The lowest BCUT2D eigenvalue weighted by Gasteiger charge is -2.23. The molecule has 4 rings (SSSR count). The van der Waals surface area contributed by atoms with E-state index in [1.54, 1.807) is 5.38 Å². The molecule has 0 fully saturated rings. The van der Waals surface area contributed by atoms with Crippen LogP contribution in [0.1, 0.15) is 0 Å². The molecule has 0 spiro atoms. The van der Waals surface area contributed by atoms with Crippen molar-refractivity contribution >= 4 is 49.8 Å². The number of benzene rings is 1. The van der Waals surface area contributed by atoms with Gasteiger partial charge in [-0.15, -0.1) is 11.3 Å². The fourth-order valence-electron chi connectivity index (χ4n) is 2.72. The van der Waals surface area contributed by atoms with Crippen LogP contribution in [0.2, 0.25) is 0 Å². The maximum absolute atomic E-state index is 12.6. The van der Waals surface area contributed by atoms with Crippen LogP contribution in [0.25, 0.3) is 0 Å². The summed E-state index contributed by atoms with van der Waals surface area (Å²) in [6.45, 7) is 0.255. The van der Waals surface area contributed by atoms with Crippen molar-refractivity contribution < 1.29 is 13.2 Å². The minimum atomic E-state index is -3.75. The Balaban J connectivity index is 1.43. The Kier molecular flexibility index (Phi) is 5.39. The van der Waals surface area contributed by atoms with E-state index >= 15 is 0 Å². The number of fused-ring (bicyclic) bond motifs is 1. The molecule has 1 unspecified atom stereocenters. The molecule has 0 saturated carbocycles. The molecule has 2 N–H and O–H groups in total. The van der Waals surface area contributed by atoms with Crippen LogP contribution in [-0.2, 0) is 21.4 Å². The fraction of sp³-hybridized carbons (Fsp3) is 0.176. The largest absolute Gasteiger partial charge is 0.326 e. The lowest BCUT2D eigenvalue weighted by Crippen LogP contribution is -2.36. The van der Waals surface area contributed by atoms with Crippen LogP contribution in [0.15, 0.2) is 63.0 Å². The molecule has 3 aromatic rings. The lowest BCUT2D eigenvalue weighted by molar-refractivity contribution is -0.119. The first-order chi connectivity index (χ1) is 13.9. The molecule has 1 aliphatic heterocycles. The normalized spacial score (nSPS) is 16.1. The maximum Gasteiger partial charge on any atom is 0.263 e. The van der Waals surface area contributed by atoms with Crippen molar-refractivity contribution in [2.75, 3.05) is 15.8 Å². The minimum absolute atomic E-state index is 0.0606. The number of carbonyl (C=O) groups is 1. The Morgan fingerprint density at radius 2 is 1.93 bits per heavy atom. The van der Waals surface area contributed by atoms with Crippen LogP contribution >= 0.6 is 23.1 Å². The van der Waals surface area contributed by atoms with Gasteiger partial charge in [0.2, 0.25) is 5.91 Å². The van der Waals surface area contributed by atoms with Gasteiger partial charge in [-0.1, -0.05) is 11.8 Å². The van der Waals surface area contributed by atoms with Gasteiger partial charge in [-0.2, -0.15) is 0 Å². The molecule has 0 saturated heterocycles. The number of amides is 1. The molecular formula is C17H15N5O4S3. The predicted octanol–water partition coefficient (Wildman–Crippen LogP) is 1.86. The third-order valence-electron chi connectivity index (χ3n) is 4.17. The van der Waals surface area contributed by atoms with Crippen molar-refractivity contribution in [2.45, 2.75) is 16.6 Å². The maximum atomic E-state index is 12.6. The number of aromatic nitrogens is 3. The highest BCUT2D eigenvalue weighted by Crippen LogP contribution is 2.26. The number of carbonyl (C=O) groups excluding carboxylic acids is 1. The Hall–Kier alpha value is -2.70. The Labute approximate surface area is 174 Å². The molecule has 1 atom stereocenters. The van der Waals surface area contributed by atoms with Gasteiger partial charge >= 0.3 is 0 Å². The van der Waals surface area contributed by atoms with E-state index in [4.69, 9.17) is 0 Å². The number of nitrogens with one attached hydrogen (secondary N) is 2. The minimum Gasteiger partial charge on any atom is -0.326 e. The quantitative estimate of drug-likeness (QED) is 0.570. The van der Waals surface area contributed by atoms with E-state index in [1.807, 2.05) is 0 Å². The first kappa shape index (κ1) is 19.6. The third kappa shape index (κ3) is 4.33. The van der Waals surface area contributed by atoms with E-state index < -0.39 is 15.9 Å². The molecular weight excluding hydrogens is 434 g/mol. The van der Waals surface area contributed by atoms with E-state index in [0.29, 0.717) is 16.6 Å². The number of thioether (sulfide) groups is 1. The van der Waals surface area contributed by atoms with Gasteiger partial charge in [-0.3, -0.25) is 18.9 Å². The summed E-state index contributed by atoms with van der Waals surface area (Å²) in [7, 11) is -3.75. The van der Waals surface area contributed by atoms with Crippen LogP contribution < -0.4 is 15.6 Å². The summed E-state index contributed by atoms with van der Waals surface area (Å²) in [4.78, 5) is 32.6. The van der Waals surface area contributed by atoms with Crippen molar-refractivity contribution in [2.24, 2.45) is 5.92 Å². The fourth-order valence-corrected chi connectivity index (χ4v) is 5.57. The number of hydrogen-bond donors (Lipinski definition) is 2. The molecule has 0 aliphatic carbocycles. The molecule has 3 heterocycles. The smallest absolute Gasteiger partial charge is 0.263 e. The van der Waals surface area contributed by atoms with Crippen molar-refractivity contribution in [3.8, 4) is 0 Å². The Morgan fingerprint density at radius 1 is 1.14 bits per heavy atom. The zero-order valence-corrected chi connectivity index (χ0v) is 17.3. The van der Waals surface area contributed by atoms with Crippen molar-refractivity contribution in [3.63, 3.8) is 0 Å². The summed E-state index contributed by atoms with van der Waals surface area (Å²) < 4.78 is 28.6. The highest BCUT2D eigenvalue weighted by atomic mass is 32.2. The second-order valence-corrected chi connectivity index (χ2v) is 9.70. The summed E-state index contributed by atoms with van der Waals surface area (Å²) in [6, 6.07) is 7.22. The highest BCUT2D eigenvalue weighted by molar-refractivity contribution is 7.99. The Bertz CT molecular complexity index is 1190. The van der Waals surface area contributed by atoms with E-state index in [9.17, 15) is 18.0 Å². The topological polar surface area (TPSA) is 123 Å². The van der Waals surface area contributed by atoms with Gasteiger partial charge in [-0.05, 0) is 24.3 Å². The van der Waals surface area contributed by atoms with Crippen LogP contribution in [0.3, 0.4) is 0 Å². The summed E-state index contributed by atoms with van der Waals surface area (Å²) in [6.07, 6.45) is 2.97. The molecule has 2 aromatic heterocycles. The molecule has 1 amide bonds. The van der Waals surface area contributed by atoms with Crippen molar-refractivity contribution in [1.29, 1.82) is 0 Å². The van der Waals surface area contributed by atoms with Crippen molar-refractivity contribution in [3.05, 3.63) is 58.5 Å². The first-order valence-corrected chi connectivity index (χ1v) is 11.8. The van der Waals surface area contributed by atoms with Crippen LogP contribution in [0, 0.1) is 5.92 Å². The zero-order valence-electron chi connectivity index (χ0n) is 14.8. The van der Waals surface area contributed by atoms with Gasteiger partial charge in [0.1, 0.15) is 0 Å². The monoisotopic (exact) mass is 449 g/mol. The highest BCUT2D eigenvalue weighted by Gasteiger charge is 2.26. The standard InChI is InChI=1S/C17H15N5O4S3/c23-14-5-6-19-17-22(14)9-11(10-28-17)15(24)20-12-1-3-13(4-2-12)29(25,26)21-16-18-7-8-27-16/h1-8,11H,9-10H2,(H,18,21)(H,20,24). The Morgan fingerprint density at radius 3 is 2.66 bits per heavy atom. The molecule has 1 aromatic carbocycles. The number of anilines is 2. The second-order valence-electron chi connectivity index (χ2n) is 6.14. The third-order valence-corrected chi connectivity index (χ3v) is 7.50. The van der Waals surface area contributed by atoms with Gasteiger partial charge in [0.05, 0.1) is 10.8 Å². The first-order valence-electron chi connectivity index (χ1n) is 8.44. The van der Waals surface area contributed by atoms with Gasteiger partial charge in [0.25, 0.3) is 15.6 Å². The summed E-state index contributed by atoms with van der Waals surface area (Å²) in [5, 5.41) is 5.32. The number of thiazole rings is 1. The average molecular weight is 450 g/mol. The van der Waals surface area contributed by atoms with Crippen LogP contribution in [0.5, 0.6) is 0 Å². The van der Waals surface area contributed by atoms with Crippen LogP contribution in [0.4, 0.5) is 10.8 Å². The number of nitrogens with zero attached hydrogens (tertiary/aromatic N) is 3. The molecule has 9 nitrogen and oxygen atoms in total. The van der Waals surface area contributed by atoms with Gasteiger partial charge < -0.3 is 5.32 Å². The van der Waals surface area contributed by atoms with Gasteiger partial charge in [0, 0.05) is 41.8 Å². The zero-order chi connectivity index (χ0) is 20.4. The molecule has 0 radical (unpaired) electrons. The SMILES string of the molecule is O=C(Nc1ccc(S(=O)(=O)Nc2nccs2)cc1)C1CSc2nccc(=O)n2C1. The molecule has 150 valence electrons. The molecule has 0 bridgehead atoms. The van der Waals surface area contributed by atoms with E-state index in [2.05, 4.69) is 20.0 Å². The summed E-state index contributed by atoms with van der Waals surface area (Å²) in [5.74, 6) is -0.133. The predicted molar refractivity (Wildman–Crippen MR) is 111 cm³/mol. The van der Waals surface area contributed by atoms with Gasteiger partial charge in [0.15, 0.2) is 10.3 Å². The van der Waals surface area contributed by atoms with Crippen LogP contribution in [-0.4, -0.2) is 34.6 Å². The lowest BCUT2D eigenvalue weighted by atomic mass is 10.1. The van der Waals surface area contributed by atoms with Crippen molar-refractivity contribution in [1.82, 2.24) is 14.5 Å². The molecule has 12 heteroatoms. The summed E-state index contributed by atoms with van der Waals surface area (Å²) >= 11 is 2.53. The number of hydrogen-bond acceptors (Lipinski definition) is 8. The number of rotatable bonds is 5. The van der Waals surface area contributed by atoms with Gasteiger partial charge in [-0.25, -0.2) is 18.4 Å². The summed E-state index contributed by atoms with van der Waals surface area (Å²) in [5.41, 5.74) is 0.278. The molecule has 29 heavy (non-hydrogen) atoms. The van der Waals surface area contributed by atoms with E-state index in [0.717, 1.165) is 0 Å².